The molecule has 2 heterocycles. The van der Waals surface area contributed by atoms with Crippen LogP contribution in [0.1, 0.15) is 6.42 Å². The van der Waals surface area contributed by atoms with Crippen LogP contribution in [-0.2, 0) is 0 Å². The molecule has 1 aromatic heterocycles. The first-order valence-corrected chi connectivity index (χ1v) is 7.93. The zero-order valence-electron chi connectivity index (χ0n) is 11.2. The molecule has 0 atom stereocenters. The Labute approximate surface area is 135 Å². The minimum atomic E-state index is 0.687. The summed E-state index contributed by atoms with van der Waals surface area (Å²) in [5.41, 5.74) is 2.97. The van der Waals surface area contributed by atoms with Gasteiger partial charge in [0.25, 0.3) is 0 Å². The molecule has 1 N–H and O–H groups in total. The predicted octanol–water partition coefficient (Wildman–Crippen LogP) is 4.00. The van der Waals surface area contributed by atoms with Crippen molar-refractivity contribution in [1.29, 1.82) is 0 Å². The monoisotopic (exact) mass is 392 g/mol. The van der Waals surface area contributed by atoms with Crippen molar-refractivity contribution in [2.24, 2.45) is 0 Å². The van der Waals surface area contributed by atoms with E-state index in [0.717, 1.165) is 40.3 Å². The van der Waals surface area contributed by atoms with Gasteiger partial charge in [-0.15, -0.1) is 0 Å². The molecule has 1 aliphatic rings. The van der Waals surface area contributed by atoms with Crippen LogP contribution >= 0.6 is 22.6 Å². The molecule has 3 aromatic rings. The highest BCUT2D eigenvalue weighted by Crippen LogP contribution is 2.34. The van der Waals surface area contributed by atoms with Crippen LogP contribution in [0.15, 0.2) is 36.4 Å². The molecule has 0 amide bonds. The lowest BCUT2D eigenvalue weighted by Crippen LogP contribution is -1.97. The molecular weight excluding hydrogens is 379 g/mol. The molecule has 5 heteroatoms. The fourth-order valence-electron chi connectivity index (χ4n) is 2.45. The van der Waals surface area contributed by atoms with Gasteiger partial charge >= 0.3 is 0 Å². The maximum atomic E-state index is 5.72. The molecule has 1 aliphatic heterocycles. The zero-order valence-corrected chi connectivity index (χ0v) is 13.4. The Kier molecular flexibility index (Phi) is 3.21. The van der Waals surface area contributed by atoms with Gasteiger partial charge in [-0.1, -0.05) is 18.2 Å². The number of nitrogens with one attached hydrogen (secondary N) is 1. The van der Waals surface area contributed by atoms with Crippen molar-refractivity contribution in [1.82, 2.24) is 9.97 Å². The third-order valence-corrected chi connectivity index (χ3v) is 4.42. The van der Waals surface area contributed by atoms with E-state index < -0.39 is 0 Å². The largest absolute Gasteiger partial charge is 0.489 e. The number of fused-ring (bicyclic) bond motifs is 2. The second-order valence-electron chi connectivity index (χ2n) is 4.93. The van der Waals surface area contributed by atoms with Crippen LogP contribution in [0, 0.1) is 3.57 Å². The number of H-pyrrole nitrogens is 1. The van der Waals surface area contributed by atoms with E-state index in [0.29, 0.717) is 13.2 Å². The summed E-state index contributed by atoms with van der Waals surface area (Å²) < 4.78 is 12.6. The summed E-state index contributed by atoms with van der Waals surface area (Å²) in [5, 5.41) is 0. The number of imidazole rings is 1. The first-order chi connectivity index (χ1) is 10.3. The van der Waals surface area contributed by atoms with Crippen LogP contribution in [0.2, 0.25) is 0 Å². The van der Waals surface area contributed by atoms with Gasteiger partial charge in [0.15, 0.2) is 11.5 Å². The zero-order chi connectivity index (χ0) is 14.2. The first kappa shape index (κ1) is 12.9. The van der Waals surface area contributed by atoms with E-state index >= 15 is 0 Å². The minimum absolute atomic E-state index is 0.687. The fourth-order valence-corrected chi connectivity index (χ4v) is 3.09. The van der Waals surface area contributed by atoms with Gasteiger partial charge in [-0.2, -0.15) is 0 Å². The van der Waals surface area contributed by atoms with Crippen LogP contribution in [0.25, 0.3) is 22.4 Å². The van der Waals surface area contributed by atoms with Crippen molar-refractivity contribution >= 4 is 33.6 Å². The Morgan fingerprint density at radius 2 is 1.81 bits per heavy atom. The maximum Gasteiger partial charge on any atom is 0.163 e. The lowest BCUT2D eigenvalue weighted by atomic mass is 10.2. The number of nitrogens with zero attached hydrogens (tertiary/aromatic N) is 1. The van der Waals surface area contributed by atoms with Gasteiger partial charge in [-0.05, 0) is 28.7 Å². The first-order valence-electron chi connectivity index (χ1n) is 6.85. The fraction of sp³-hybridized carbons (Fsp3) is 0.188. The van der Waals surface area contributed by atoms with Crippen molar-refractivity contribution < 1.29 is 9.47 Å². The highest BCUT2D eigenvalue weighted by Gasteiger charge is 2.15. The Hall–Kier alpha value is -1.76. The highest BCUT2D eigenvalue weighted by molar-refractivity contribution is 14.1. The van der Waals surface area contributed by atoms with Crippen LogP contribution < -0.4 is 9.47 Å². The van der Waals surface area contributed by atoms with Crippen molar-refractivity contribution in [2.45, 2.75) is 6.42 Å². The Balaban J connectivity index is 1.85. The van der Waals surface area contributed by atoms with Gasteiger partial charge in [0.1, 0.15) is 5.82 Å². The van der Waals surface area contributed by atoms with E-state index in [-0.39, 0.29) is 0 Å². The van der Waals surface area contributed by atoms with Gasteiger partial charge in [0.05, 0.1) is 24.2 Å². The van der Waals surface area contributed by atoms with E-state index in [4.69, 9.17) is 9.47 Å². The molecule has 0 unspecified atom stereocenters. The quantitative estimate of drug-likeness (QED) is 0.637. The van der Waals surface area contributed by atoms with Gasteiger partial charge < -0.3 is 14.5 Å². The SMILES string of the molecule is Ic1ccccc1-c1nc2cc3c(cc2[nH]1)OCCCO3. The highest BCUT2D eigenvalue weighted by atomic mass is 127. The number of hydrogen-bond acceptors (Lipinski definition) is 3. The Bertz CT molecular complexity index is 770. The number of hydrogen-bond donors (Lipinski definition) is 1. The number of halogens is 1. The molecule has 2 aromatic carbocycles. The van der Waals surface area contributed by atoms with Crippen LogP contribution in [0.5, 0.6) is 11.5 Å². The predicted molar refractivity (Wildman–Crippen MR) is 89.9 cm³/mol. The van der Waals surface area contributed by atoms with E-state index in [2.05, 4.69) is 44.7 Å². The van der Waals surface area contributed by atoms with Gasteiger partial charge in [0.2, 0.25) is 0 Å². The second-order valence-corrected chi connectivity index (χ2v) is 6.09. The van der Waals surface area contributed by atoms with E-state index in [1.807, 2.05) is 24.3 Å². The number of aromatic nitrogens is 2. The average molecular weight is 392 g/mol. The minimum Gasteiger partial charge on any atom is -0.489 e. The third kappa shape index (κ3) is 2.35. The Morgan fingerprint density at radius 1 is 1.05 bits per heavy atom. The van der Waals surface area contributed by atoms with Crippen LogP contribution in [-0.4, -0.2) is 23.2 Å². The molecule has 106 valence electrons. The van der Waals surface area contributed by atoms with Crippen molar-refractivity contribution in [2.75, 3.05) is 13.2 Å². The molecule has 21 heavy (non-hydrogen) atoms. The van der Waals surface area contributed by atoms with Gasteiger partial charge in [-0.3, -0.25) is 0 Å². The number of ether oxygens (including phenoxy) is 2. The summed E-state index contributed by atoms with van der Waals surface area (Å²) in [6, 6.07) is 12.1. The van der Waals surface area contributed by atoms with Gasteiger partial charge in [0, 0.05) is 27.7 Å². The van der Waals surface area contributed by atoms with Crippen LogP contribution in [0.3, 0.4) is 0 Å². The van der Waals surface area contributed by atoms with Crippen molar-refractivity contribution in [3.05, 3.63) is 40.0 Å². The lowest BCUT2D eigenvalue weighted by molar-refractivity contribution is 0.297. The summed E-state index contributed by atoms with van der Waals surface area (Å²) in [6.45, 7) is 1.38. The summed E-state index contributed by atoms with van der Waals surface area (Å²) >= 11 is 2.32. The maximum absolute atomic E-state index is 5.72. The second kappa shape index (κ2) is 5.22. The number of aromatic amines is 1. The smallest absolute Gasteiger partial charge is 0.163 e. The number of rotatable bonds is 1. The van der Waals surface area contributed by atoms with E-state index in [1.54, 1.807) is 0 Å². The summed E-state index contributed by atoms with van der Waals surface area (Å²) in [4.78, 5) is 8.06. The van der Waals surface area contributed by atoms with Gasteiger partial charge in [-0.25, -0.2) is 4.98 Å². The normalized spacial score (nSPS) is 14.1. The molecule has 4 rings (SSSR count). The molecular formula is C16H13IN2O2. The molecule has 0 radical (unpaired) electrons. The third-order valence-electron chi connectivity index (χ3n) is 3.48. The summed E-state index contributed by atoms with van der Waals surface area (Å²) in [6.07, 6.45) is 0.906. The molecule has 0 saturated carbocycles. The lowest BCUT2D eigenvalue weighted by Gasteiger charge is -2.05. The van der Waals surface area contributed by atoms with Crippen molar-refractivity contribution in [3.8, 4) is 22.9 Å². The molecule has 0 fully saturated rings. The van der Waals surface area contributed by atoms with E-state index in [9.17, 15) is 0 Å². The standard InChI is InChI=1S/C16H13IN2O2/c17-11-5-2-1-4-10(11)16-18-12-8-14-15(9-13(12)19-16)21-7-3-6-20-14/h1-2,4-5,8-9H,3,6-7H2,(H,18,19). The molecule has 0 aliphatic carbocycles. The Morgan fingerprint density at radius 3 is 2.62 bits per heavy atom. The molecule has 0 spiro atoms. The van der Waals surface area contributed by atoms with E-state index in [1.165, 1.54) is 3.57 Å². The van der Waals surface area contributed by atoms with Crippen molar-refractivity contribution in [3.63, 3.8) is 0 Å². The average Bonchev–Trinajstić information content (AvgIpc) is 2.75. The number of benzene rings is 2. The molecule has 0 saturated heterocycles. The molecule has 4 nitrogen and oxygen atoms in total. The summed E-state index contributed by atoms with van der Waals surface area (Å²) in [7, 11) is 0. The molecule has 0 bridgehead atoms. The summed E-state index contributed by atoms with van der Waals surface area (Å²) in [5.74, 6) is 2.44. The van der Waals surface area contributed by atoms with Crippen LogP contribution in [0.4, 0.5) is 0 Å². The topological polar surface area (TPSA) is 47.1 Å².